The summed E-state index contributed by atoms with van der Waals surface area (Å²) >= 11 is 0. The summed E-state index contributed by atoms with van der Waals surface area (Å²) in [7, 11) is 0. The highest BCUT2D eigenvalue weighted by Crippen LogP contribution is 2.28. The van der Waals surface area contributed by atoms with Gasteiger partial charge in [-0.3, -0.25) is 14.9 Å². The monoisotopic (exact) mass is 255 g/mol. The predicted octanol–water partition coefficient (Wildman–Crippen LogP) is 1.79. The zero-order valence-corrected chi connectivity index (χ0v) is 10.9. The van der Waals surface area contributed by atoms with E-state index in [-0.39, 0.29) is 23.0 Å². The fourth-order valence-electron chi connectivity index (χ4n) is 3.12. The molecule has 2 fully saturated rings. The summed E-state index contributed by atoms with van der Waals surface area (Å²) in [4.78, 5) is 14.4. The highest BCUT2D eigenvalue weighted by atomic mass is 16.8. The van der Waals surface area contributed by atoms with Gasteiger partial charge < -0.3 is 10.4 Å². The fraction of sp³-hybridized carbons (Fsp3) is 0.923. The zero-order chi connectivity index (χ0) is 13.0. The van der Waals surface area contributed by atoms with Crippen LogP contribution in [-0.4, -0.2) is 46.8 Å². The number of rotatable bonds is 4. The summed E-state index contributed by atoms with van der Waals surface area (Å²) in [5.41, 5.74) is 0. The molecule has 0 aromatic heterocycles. The van der Waals surface area contributed by atoms with Crippen LogP contribution >= 0.6 is 0 Å². The van der Waals surface area contributed by atoms with Crippen molar-refractivity contribution in [3.05, 3.63) is 5.21 Å². The molecule has 1 heterocycles. The Hall–Kier alpha value is -0.490. The second-order valence-electron chi connectivity index (χ2n) is 5.62. The average molecular weight is 255 g/mol. The first kappa shape index (κ1) is 13.9. The Morgan fingerprint density at radius 3 is 2.61 bits per heavy atom. The molecular weight excluding hydrogens is 232 g/mol. The minimum absolute atomic E-state index is 0.0331. The molecule has 1 saturated heterocycles. The number of hydrogen-bond acceptors (Lipinski definition) is 5. The molecule has 0 aromatic carbocycles. The van der Waals surface area contributed by atoms with Gasteiger partial charge in [0.2, 0.25) is 0 Å². The molecular formula is C13H23N2O3-. The molecule has 1 aliphatic heterocycles. The van der Waals surface area contributed by atoms with E-state index in [4.69, 9.17) is 5.21 Å². The van der Waals surface area contributed by atoms with Crippen molar-refractivity contribution in [3.63, 3.8) is 0 Å². The van der Waals surface area contributed by atoms with Gasteiger partial charge in [0.15, 0.2) is 0 Å². The molecule has 2 atom stereocenters. The van der Waals surface area contributed by atoms with Gasteiger partial charge in [0.05, 0.1) is 6.54 Å². The van der Waals surface area contributed by atoms with Crippen LogP contribution in [0.25, 0.3) is 0 Å². The van der Waals surface area contributed by atoms with Crippen molar-refractivity contribution in [1.29, 1.82) is 0 Å². The Labute approximate surface area is 108 Å². The van der Waals surface area contributed by atoms with Crippen molar-refractivity contribution in [1.82, 2.24) is 10.1 Å². The number of likely N-dealkylation sites (tertiary alicyclic amines) is 1. The second-order valence-corrected chi connectivity index (χ2v) is 5.62. The van der Waals surface area contributed by atoms with Crippen LogP contribution in [0.1, 0.15) is 44.9 Å². The molecule has 104 valence electrons. The molecule has 0 radical (unpaired) electrons. The van der Waals surface area contributed by atoms with E-state index in [0.29, 0.717) is 19.4 Å². The fourth-order valence-corrected chi connectivity index (χ4v) is 3.12. The molecule has 5 heteroatoms. The lowest BCUT2D eigenvalue weighted by atomic mass is 9.83. The predicted molar refractivity (Wildman–Crippen MR) is 68.0 cm³/mol. The highest BCUT2D eigenvalue weighted by Gasteiger charge is 2.28. The van der Waals surface area contributed by atoms with E-state index in [2.05, 4.69) is 4.90 Å². The molecule has 1 N–H and O–H groups in total. The number of hydroxylamine groups is 2. The lowest BCUT2D eigenvalue weighted by Gasteiger charge is -2.37. The van der Waals surface area contributed by atoms with Crippen molar-refractivity contribution in [2.45, 2.75) is 51.0 Å². The first-order valence-electron chi connectivity index (χ1n) is 7.07. The maximum absolute atomic E-state index is 12.2. The van der Waals surface area contributed by atoms with E-state index >= 15 is 0 Å². The molecule has 2 rings (SSSR count). The summed E-state index contributed by atoms with van der Waals surface area (Å²) in [6, 6.07) is -0.381. The molecule has 0 aromatic rings. The molecule has 1 aliphatic carbocycles. The van der Waals surface area contributed by atoms with E-state index in [1.165, 1.54) is 19.3 Å². The summed E-state index contributed by atoms with van der Waals surface area (Å²) < 4.78 is 0. The minimum atomic E-state index is -0.381. The lowest BCUT2D eigenvalue weighted by molar-refractivity contribution is -0.130. The molecule has 5 nitrogen and oxygen atoms in total. The number of nitrogens with zero attached hydrogens (tertiary/aromatic N) is 2. The number of hydrogen-bond donors (Lipinski definition) is 1. The first-order valence-corrected chi connectivity index (χ1v) is 7.07. The summed E-state index contributed by atoms with van der Waals surface area (Å²) in [5, 5.41) is 19.9. The molecule has 18 heavy (non-hydrogen) atoms. The van der Waals surface area contributed by atoms with E-state index in [1.807, 2.05) is 0 Å². The van der Waals surface area contributed by atoms with Crippen LogP contribution in [0.4, 0.5) is 0 Å². The molecule has 0 amide bonds. The van der Waals surface area contributed by atoms with Gasteiger partial charge in [-0.15, -0.1) is 0 Å². The summed E-state index contributed by atoms with van der Waals surface area (Å²) in [6.45, 7) is 2.58. The van der Waals surface area contributed by atoms with E-state index in [1.54, 1.807) is 0 Å². The molecule has 0 bridgehead atoms. The standard InChI is InChI=1S/C13H23N2O3/c16-13(10-14-7-2-1-3-8-14)11-5-4-6-12(9-11)15(17)18/h11-12,17H,1-10H2/q-1. The Bertz CT molecular complexity index is 277. The van der Waals surface area contributed by atoms with Crippen LogP contribution in [0.2, 0.25) is 0 Å². The average Bonchev–Trinajstić information content (AvgIpc) is 2.40. The smallest absolute Gasteiger partial charge is 0.149 e. The quantitative estimate of drug-likeness (QED) is 0.776. The zero-order valence-electron chi connectivity index (χ0n) is 10.9. The SMILES string of the molecule is O=C(CN1CCCCC1)C1CCCC(N([O-])O)C1. The van der Waals surface area contributed by atoms with Crippen LogP contribution in [0, 0.1) is 11.1 Å². The number of piperidine rings is 1. The third-order valence-electron chi connectivity index (χ3n) is 4.24. The van der Waals surface area contributed by atoms with Crippen LogP contribution < -0.4 is 0 Å². The maximum Gasteiger partial charge on any atom is 0.149 e. The third kappa shape index (κ3) is 3.75. The Morgan fingerprint density at radius 2 is 1.94 bits per heavy atom. The second kappa shape index (κ2) is 6.61. The van der Waals surface area contributed by atoms with Gasteiger partial charge >= 0.3 is 0 Å². The van der Waals surface area contributed by atoms with Gasteiger partial charge in [0.25, 0.3) is 0 Å². The van der Waals surface area contributed by atoms with E-state index in [0.717, 1.165) is 25.9 Å². The van der Waals surface area contributed by atoms with Gasteiger partial charge in [-0.25, -0.2) is 0 Å². The maximum atomic E-state index is 12.2. The molecule has 2 aliphatic rings. The van der Waals surface area contributed by atoms with Crippen molar-refractivity contribution in [3.8, 4) is 0 Å². The van der Waals surface area contributed by atoms with Crippen LogP contribution in [0.3, 0.4) is 0 Å². The molecule has 1 saturated carbocycles. The van der Waals surface area contributed by atoms with Crippen LogP contribution in [-0.2, 0) is 4.79 Å². The molecule has 0 spiro atoms. The van der Waals surface area contributed by atoms with Gasteiger partial charge in [-0.2, -0.15) is 0 Å². The normalized spacial score (nSPS) is 30.6. The lowest BCUT2D eigenvalue weighted by Crippen LogP contribution is -2.40. The van der Waals surface area contributed by atoms with E-state index in [9.17, 15) is 10.0 Å². The van der Waals surface area contributed by atoms with E-state index < -0.39 is 0 Å². The Balaban J connectivity index is 1.80. The van der Waals surface area contributed by atoms with Gasteiger partial charge in [-0.1, -0.05) is 12.8 Å². The minimum Gasteiger partial charge on any atom is -0.762 e. The summed E-state index contributed by atoms with van der Waals surface area (Å²) in [5.74, 6) is 0.220. The van der Waals surface area contributed by atoms with Crippen LogP contribution in [0.15, 0.2) is 0 Å². The Morgan fingerprint density at radius 1 is 1.22 bits per heavy atom. The largest absolute Gasteiger partial charge is 0.762 e. The number of Topliss-reactive ketones (excluding diaryl/α,β-unsaturated/α-hetero) is 1. The summed E-state index contributed by atoms with van der Waals surface area (Å²) in [6.07, 6.45) is 6.60. The van der Waals surface area contributed by atoms with Crippen molar-refractivity contribution >= 4 is 5.78 Å². The third-order valence-corrected chi connectivity index (χ3v) is 4.24. The van der Waals surface area contributed by atoms with Crippen molar-refractivity contribution < 1.29 is 10.0 Å². The highest BCUT2D eigenvalue weighted by molar-refractivity contribution is 5.83. The van der Waals surface area contributed by atoms with Gasteiger partial charge in [-0.05, 0) is 45.2 Å². The van der Waals surface area contributed by atoms with Gasteiger partial charge in [0, 0.05) is 12.0 Å². The number of carbonyl (C=O) groups is 1. The van der Waals surface area contributed by atoms with Gasteiger partial charge in [0.1, 0.15) is 5.78 Å². The topological polar surface area (TPSA) is 66.8 Å². The number of ketones is 1. The first-order chi connectivity index (χ1) is 8.66. The molecule has 2 unspecified atom stereocenters. The van der Waals surface area contributed by atoms with Crippen LogP contribution in [0.5, 0.6) is 0 Å². The van der Waals surface area contributed by atoms with Crippen molar-refractivity contribution in [2.24, 2.45) is 5.92 Å². The van der Waals surface area contributed by atoms with Crippen molar-refractivity contribution in [2.75, 3.05) is 19.6 Å². The Kier molecular flexibility index (Phi) is 5.12. The number of carbonyl (C=O) groups excluding carboxylic acids is 1.